The van der Waals surface area contributed by atoms with Gasteiger partial charge in [-0.25, -0.2) is 17.8 Å². The minimum absolute atomic E-state index is 0. The van der Waals surface area contributed by atoms with E-state index in [9.17, 15) is 12.8 Å². The quantitative estimate of drug-likeness (QED) is 0.754. The summed E-state index contributed by atoms with van der Waals surface area (Å²) in [7, 11) is -3.23. The van der Waals surface area contributed by atoms with E-state index in [1.54, 1.807) is 48.8 Å². The minimum Gasteiger partial charge on any atom is -0.365 e. The number of benzene rings is 2. The van der Waals surface area contributed by atoms with E-state index in [1.807, 2.05) is 0 Å². The lowest BCUT2D eigenvalue weighted by Crippen LogP contribution is -2.02. The summed E-state index contributed by atoms with van der Waals surface area (Å²) in [4.78, 5) is 8.88. The van der Waals surface area contributed by atoms with Crippen molar-refractivity contribution in [2.45, 2.75) is 11.4 Å². The first-order valence-corrected chi connectivity index (χ1v) is 9.42. The molecule has 0 aliphatic heterocycles. The van der Waals surface area contributed by atoms with Gasteiger partial charge in [-0.2, -0.15) is 0 Å². The van der Waals surface area contributed by atoms with Crippen molar-refractivity contribution in [1.82, 2.24) is 9.97 Å². The predicted octanol–water partition coefficient (Wildman–Crippen LogP) is 3.54. The van der Waals surface area contributed by atoms with E-state index in [0.717, 1.165) is 11.1 Å². The molecule has 0 fully saturated rings. The molecule has 3 aromatic rings. The van der Waals surface area contributed by atoms with Gasteiger partial charge < -0.3 is 5.32 Å². The predicted molar refractivity (Wildman–Crippen MR) is 96.4 cm³/mol. The largest absolute Gasteiger partial charge is 0.365 e. The number of sulfone groups is 1. The monoisotopic (exact) mass is 359 g/mol. The maximum atomic E-state index is 12.9. The fraction of sp³-hybridized carbons (Fsp3) is 0.111. The summed E-state index contributed by atoms with van der Waals surface area (Å²) in [6, 6.07) is 12.7. The van der Waals surface area contributed by atoms with Crippen molar-refractivity contribution in [1.29, 1.82) is 0 Å². The van der Waals surface area contributed by atoms with Crippen molar-refractivity contribution < 1.29 is 14.2 Å². The fourth-order valence-electron chi connectivity index (χ4n) is 2.26. The standard InChI is InChI=1S/C18H16FN3O2S.H2/c1-25(23,24)16-8-4-14(5-9-16)17-11-20-12-18(22-17)21-10-13-2-6-15(19)7-3-13;/h2-9,11-12H,10H2,1H3,(H,21,22);1H. The van der Waals surface area contributed by atoms with Gasteiger partial charge >= 0.3 is 0 Å². The summed E-state index contributed by atoms with van der Waals surface area (Å²) >= 11 is 0. The van der Waals surface area contributed by atoms with Gasteiger partial charge in [-0.15, -0.1) is 0 Å². The summed E-state index contributed by atoms with van der Waals surface area (Å²) in [6.07, 6.45) is 4.37. The number of nitrogens with one attached hydrogen (secondary N) is 1. The highest BCUT2D eigenvalue weighted by atomic mass is 32.2. The second kappa shape index (κ2) is 6.98. The second-order valence-corrected chi connectivity index (χ2v) is 7.58. The molecule has 25 heavy (non-hydrogen) atoms. The zero-order valence-electron chi connectivity index (χ0n) is 13.5. The minimum atomic E-state index is -3.23. The molecule has 130 valence electrons. The van der Waals surface area contributed by atoms with Crippen LogP contribution in [0.1, 0.15) is 6.99 Å². The molecule has 7 heteroatoms. The van der Waals surface area contributed by atoms with Crippen molar-refractivity contribution in [2.24, 2.45) is 0 Å². The van der Waals surface area contributed by atoms with Crippen LogP contribution < -0.4 is 5.32 Å². The topological polar surface area (TPSA) is 72.0 Å². The van der Waals surface area contributed by atoms with Crippen LogP contribution in [-0.2, 0) is 16.4 Å². The Balaban J connectivity index is 0.00000243. The Kier molecular flexibility index (Phi) is 4.76. The van der Waals surface area contributed by atoms with Gasteiger partial charge in [0.25, 0.3) is 0 Å². The molecular formula is C18H18FN3O2S. The summed E-state index contributed by atoms with van der Waals surface area (Å²) < 4.78 is 35.9. The summed E-state index contributed by atoms with van der Waals surface area (Å²) in [5.74, 6) is 0.303. The smallest absolute Gasteiger partial charge is 0.175 e. The molecule has 0 aliphatic carbocycles. The van der Waals surface area contributed by atoms with Crippen molar-refractivity contribution in [3.63, 3.8) is 0 Å². The average Bonchev–Trinajstić information content (AvgIpc) is 2.61. The van der Waals surface area contributed by atoms with Crippen molar-refractivity contribution in [3.8, 4) is 11.3 Å². The summed E-state index contributed by atoms with van der Waals surface area (Å²) in [5, 5.41) is 3.13. The van der Waals surface area contributed by atoms with Crippen LogP contribution in [0, 0.1) is 5.82 Å². The third-order valence-corrected chi connectivity index (χ3v) is 4.73. The molecule has 0 spiro atoms. The lowest BCUT2D eigenvalue weighted by atomic mass is 10.2. The van der Waals surface area contributed by atoms with Crippen LogP contribution in [-0.4, -0.2) is 24.6 Å². The van der Waals surface area contributed by atoms with E-state index in [4.69, 9.17) is 0 Å². The molecule has 0 saturated carbocycles. The Morgan fingerprint density at radius 3 is 2.36 bits per heavy atom. The third-order valence-electron chi connectivity index (χ3n) is 3.60. The van der Waals surface area contributed by atoms with Gasteiger partial charge in [0.2, 0.25) is 0 Å². The Morgan fingerprint density at radius 1 is 1.04 bits per heavy atom. The number of hydrogen-bond acceptors (Lipinski definition) is 5. The van der Waals surface area contributed by atoms with Gasteiger partial charge in [-0.05, 0) is 29.8 Å². The highest BCUT2D eigenvalue weighted by molar-refractivity contribution is 7.90. The Labute approximate surface area is 147 Å². The zero-order valence-corrected chi connectivity index (χ0v) is 14.3. The van der Waals surface area contributed by atoms with E-state index < -0.39 is 9.84 Å². The number of nitrogens with zero attached hydrogens (tertiary/aromatic N) is 2. The van der Waals surface area contributed by atoms with Gasteiger partial charge in [0, 0.05) is 19.8 Å². The molecule has 0 unspecified atom stereocenters. The Morgan fingerprint density at radius 2 is 1.72 bits per heavy atom. The molecule has 3 rings (SSSR count). The van der Waals surface area contributed by atoms with E-state index in [2.05, 4.69) is 15.3 Å². The van der Waals surface area contributed by atoms with Crippen molar-refractivity contribution in [3.05, 3.63) is 72.3 Å². The van der Waals surface area contributed by atoms with Gasteiger partial charge in [-0.1, -0.05) is 24.3 Å². The summed E-state index contributed by atoms with van der Waals surface area (Å²) in [6.45, 7) is 0.491. The maximum absolute atomic E-state index is 12.9. The van der Waals surface area contributed by atoms with Crippen LogP contribution in [0.25, 0.3) is 11.3 Å². The van der Waals surface area contributed by atoms with E-state index in [0.29, 0.717) is 18.1 Å². The van der Waals surface area contributed by atoms with Crippen molar-refractivity contribution in [2.75, 3.05) is 11.6 Å². The molecule has 0 bridgehead atoms. The average molecular weight is 359 g/mol. The highest BCUT2D eigenvalue weighted by Crippen LogP contribution is 2.20. The third kappa shape index (κ3) is 4.39. The molecule has 0 aliphatic rings. The maximum Gasteiger partial charge on any atom is 0.175 e. The number of anilines is 1. The van der Waals surface area contributed by atoms with Gasteiger partial charge in [0.15, 0.2) is 9.84 Å². The highest BCUT2D eigenvalue weighted by Gasteiger charge is 2.08. The van der Waals surface area contributed by atoms with Crippen LogP contribution in [0.15, 0.2) is 65.8 Å². The molecule has 0 radical (unpaired) electrons. The van der Waals surface area contributed by atoms with Crippen LogP contribution in [0.3, 0.4) is 0 Å². The first kappa shape index (κ1) is 17.0. The lowest BCUT2D eigenvalue weighted by molar-refractivity contribution is 0.602. The second-order valence-electron chi connectivity index (χ2n) is 5.57. The zero-order chi connectivity index (χ0) is 17.9. The molecule has 2 aromatic carbocycles. The molecular weight excluding hydrogens is 341 g/mol. The number of hydrogen-bond donors (Lipinski definition) is 1. The number of aromatic nitrogens is 2. The molecule has 1 aromatic heterocycles. The summed E-state index contributed by atoms with van der Waals surface area (Å²) in [5.41, 5.74) is 2.32. The Bertz CT molecular complexity index is 978. The van der Waals surface area contributed by atoms with Crippen molar-refractivity contribution >= 4 is 15.7 Å². The first-order valence-electron chi connectivity index (χ1n) is 7.53. The molecule has 0 atom stereocenters. The van der Waals surface area contributed by atoms with Crippen LogP contribution >= 0.6 is 0 Å². The van der Waals surface area contributed by atoms with Crippen LogP contribution in [0.5, 0.6) is 0 Å². The van der Waals surface area contributed by atoms with Gasteiger partial charge in [0.1, 0.15) is 11.6 Å². The van der Waals surface area contributed by atoms with E-state index in [1.165, 1.54) is 18.4 Å². The lowest BCUT2D eigenvalue weighted by Gasteiger charge is -2.08. The molecule has 1 heterocycles. The van der Waals surface area contributed by atoms with E-state index in [-0.39, 0.29) is 12.1 Å². The number of halogens is 1. The first-order chi connectivity index (χ1) is 11.9. The Hall–Kier alpha value is -2.80. The van der Waals surface area contributed by atoms with E-state index >= 15 is 0 Å². The van der Waals surface area contributed by atoms with Crippen LogP contribution in [0.2, 0.25) is 0 Å². The normalized spacial score (nSPS) is 11.3. The number of rotatable bonds is 5. The SMILES string of the molecule is CS(=O)(=O)c1ccc(-c2cncc(NCc3ccc(F)cc3)n2)cc1.[HH]. The fourth-order valence-corrected chi connectivity index (χ4v) is 2.89. The molecule has 0 saturated heterocycles. The van der Waals surface area contributed by atoms with Gasteiger partial charge in [0.05, 0.1) is 23.0 Å². The molecule has 0 amide bonds. The molecule has 1 N–H and O–H groups in total. The van der Waals surface area contributed by atoms with Gasteiger partial charge in [-0.3, -0.25) is 4.98 Å². The van der Waals surface area contributed by atoms with Crippen LogP contribution in [0.4, 0.5) is 10.2 Å². The molecule has 5 nitrogen and oxygen atoms in total.